The summed E-state index contributed by atoms with van der Waals surface area (Å²) < 4.78 is 12.1. The summed E-state index contributed by atoms with van der Waals surface area (Å²) in [6.07, 6.45) is 1.91. The molecule has 9 heteroatoms. The number of thiazole rings is 1. The number of halogens is 1. The van der Waals surface area contributed by atoms with Gasteiger partial charge in [-0.15, -0.1) is 0 Å². The van der Waals surface area contributed by atoms with Crippen molar-refractivity contribution in [1.82, 2.24) is 14.6 Å². The molecule has 4 rings (SSSR count). The molecule has 0 amide bonds. The molecule has 0 aliphatic heterocycles. The van der Waals surface area contributed by atoms with Crippen molar-refractivity contribution in [2.75, 3.05) is 14.2 Å². The number of hydrogen-bond donors (Lipinski definition) is 0. The molecule has 2 heterocycles. The molecule has 0 bridgehead atoms. The molecule has 0 spiro atoms. The smallest absolute Gasteiger partial charge is 0.296 e. The summed E-state index contributed by atoms with van der Waals surface area (Å²) in [4.78, 5) is 29.6. The summed E-state index contributed by atoms with van der Waals surface area (Å²) in [6.45, 7) is 0. The molecule has 0 aliphatic carbocycles. The van der Waals surface area contributed by atoms with E-state index in [0.717, 1.165) is 22.5 Å². The monoisotopic (exact) mass is 441 g/mol. The van der Waals surface area contributed by atoms with Gasteiger partial charge in [0.2, 0.25) is 4.96 Å². The number of rotatable bonds is 5. The van der Waals surface area contributed by atoms with Gasteiger partial charge in [0.15, 0.2) is 11.5 Å². The molecular formula is C21H16ClN3O4S. The maximum atomic E-state index is 12.8. The van der Waals surface area contributed by atoms with E-state index in [2.05, 4.69) is 10.1 Å². The van der Waals surface area contributed by atoms with Crippen molar-refractivity contribution >= 4 is 34.0 Å². The van der Waals surface area contributed by atoms with E-state index in [4.69, 9.17) is 21.1 Å². The summed E-state index contributed by atoms with van der Waals surface area (Å²) in [5.41, 5.74) is 0.923. The summed E-state index contributed by atoms with van der Waals surface area (Å²) >= 11 is 7.11. The van der Waals surface area contributed by atoms with Gasteiger partial charge in [-0.1, -0.05) is 41.1 Å². The Kier molecular flexibility index (Phi) is 5.52. The van der Waals surface area contributed by atoms with Crippen LogP contribution in [0.3, 0.4) is 0 Å². The van der Waals surface area contributed by atoms with Gasteiger partial charge in [0.25, 0.3) is 11.1 Å². The van der Waals surface area contributed by atoms with E-state index in [1.165, 1.54) is 11.6 Å². The van der Waals surface area contributed by atoms with Gasteiger partial charge in [0.05, 0.1) is 18.8 Å². The number of methoxy groups -OCH3 is 2. The van der Waals surface area contributed by atoms with Crippen LogP contribution < -0.4 is 25.1 Å². The van der Waals surface area contributed by atoms with Gasteiger partial charge >= 0.3 is 0 Å². The third-order valence-corrected chi connectivity index (χ3v) is 5.61. The molecule has 0 radical (unpaired) electrons. The van der Waals surface area contributed by atoms with E-state index in [1.807, 2.05) is 6.07 Å². The minimum atomic E-state index is -0.472. The zero-order chi connectivity index (χ0) is 21.3. The van der Waals surface area contributed by atoms with E-state index in [-0.39, 0.29) is 22.6 Å². The lowest BCUT2D eigenvalue weighted by Crippen LogP contribution is -2.28. The third-order valence-electron chi connectivity index (χ3n) is 4.42. The van der Waals surface area contributed by atoms with Crippen molar-refractivity contribution < 1.29 is 9.47 Å². The maximum absolute atomic E-state index is 12.8. The zero-order valence-corrected chi connectivity index (χ0v) is 17.7. The molecule has 2 aromatic carbocycles. The Morgan fingerprint density at radius 3 is 2.63 bits per heavy atom. The normalized spacial score (nSPS) is 11.8. The molecule has 4 aromatic rings. The number of fused-ring (bicyclic) bond motifs is 1. The fourth-order valence-electron chi connectivity index (χ4n) is 2.98. The summed E-state index contributed by atoms with van der Waals surface area (Å²) in [7, 11) is 3.09. The molecule has 0 unspecified atom stereocenters. The Bertz CT molecular complexity index is 1410. The first-order valence-corrected chi connectivity index (χ1v) is 10.1. The highest BCUT2D eigenvalue weighted by Crippen LogP contribution is 2.28. The van der Waals surface area contributed by atoms with Crippen molar-refractivity contribution in [3.8, 4) is 11.5 Å². The van der Waals surface area contributed by atoms with E-state index in [0.29, 0.717) is 21.1 Å². The van der Waals surface area contributed by atoms with Crippen molar-refractivity contribution in [2.24, 2.45) is 0 Å². The quantitative estimate of drug-likeness (QED) is 0.472. The van der Waals surface area contributed by atoms with Crippen LogP contribution in [0.25, 0.3) is 11.0 Å². The van der Waals surface area contributed by atoms with E-state index in [9.17, 15) is 9.59 Å². The van der Waals surface area contributed by atoms with Crippen molar-refractivity contribution in [1.29, 1.82) is 0 Å². The Morgan fingerprint density at radius 2 is 1.90 bits per heavy atom. The third kappa shape index (κ3) is 3.92. The lowest BCUT2D eigenvalue weighted by Gasteiger charge is -2.09. The molecule has 0 N–H and O–H groups in total. The number of benzene rings is 2. The predicted molar refractivity (Wildman–Crippen MR) is 116 cm³/mol. The lowest BCUT2D eigenvalue weighted by molar-refractivity contribution is 0.354. The Labute approximate surface area is 179 Å². The number of hydrogen-bond acceptors (Lipinski definition) is 7. The van der Waals surface area contributed by atoms with E-state index in [1.54, 1.807) is 49.6 Å². The van der Waals surface area contributed by atoms with Crippen LogP contribution in [0.4, 0.5) is 0 Å². The van der Waals surface area contributed by atoms with Crippen LogP contribution in [0.1, 0.15) is 16.8 Å². The molecule has 0 saturated heterocycles. The minimum absolute atomic E-state index is 0.170. The second kappa shape index (κ2) is 8.25. The Balaban J connectivity index is 1.76. The number of nitrogens with zero attached hydrogens (tertiary/aromatic N) is 3. The van der Waals surface area contributed by atoms with Gasteiger partial charge in [-0.25, -0.2) is 0 Å². The molecule has 0 atom stereocenters. The summed E-state index contributed by atoms with van der Waals surface area (Å²) in [5.74, 6) is 1.13. The first kappa shape index (κ1) is 20.1. The van der Waals surface area contributed by atoms with Crippen LogP contribution in [0.2, 0.25) is 5.02 Å². The highest BCUT2D eigenvalue weighted by molar-refractivity contribution is 7.15. The van der Waals surface area contributed by atoms with Gasteiger partial charge in [0, 0.05) is 11.4 Å². The maximum Gasteiger partial charge on any atom is 0.296 e. The zero-order valence-electron chi connectivity index (χ0n) is 16.1. The fourth-order valence-corrected chi connectivity index (χ4v) is 4.09. The van der Waals surface area contributed by atoms with Gasteiger partial charge < -0.3 is 9.47 Å². The van der Waals surface area contributed by atoms with Crippen LogP contribution in [0.5, 0.6) is 11.5 Å². The first-order valence-electron chi connectivity index (χ1n) is 8.89. The van der Waals surface area contributed by atoms with Crippen molar-refractivity contribution in [3.05, 3.63) is 89.5 Å². The molecule has 0 aliphatic rings. The molecule has 7 nitrogen and oxygen atoms in total. The molecule has 30 heavy (non-hydrogen) atoms. The highest BCUT2D eigenvalue weighted by Gasteiger charge is 2.13. The average Bonchev–Trinajstić information content (AvgIpc) is 3.02. The molecule has 2 aromatic heterocycles. The standard InChI is InChI=1S/C21H16ClN3O4S/c1-28-16-7-6-13(10-17(16)29-2)9-15-19(26)23-21-25(24-15)20(27)18(30-21)11-12-4-3-5-14(22)8-12/h3-8,10-11H,9H2,1-2H3. The van der Waals surface area contributed by atoms with Gasteiger partial charge in [-0.05, 0) is 41.5 Å². The minimum Gasteiger partial charge on any atom is -0.493 e. The summed E-state index contributed by atoms with van der Waals surface area (Å²) in [6, 6.07) is 12.5. The van der Waals surface area contributed by atoms with Crippen LogP contribution in [-0.2, 0) is 6.42 Å². The van der Waals surface area contributed by atoms with Gasteiger partial charge in [-0.3, -0.25) is 9.59 Å². The molecule has 152 valence electrons. The number of ether oxygens (including phenoxy) is 2. The molecule has 0 saturated carbocycles. The van der Waals surface area contributed by atoms with Crippen LogP contribution in [0, 0.1) is 0 Å². The fraction of sp³-hybridized carbons (Fsp3) is 0.143. The average molecular weight is 442 g/mol. The highest BCUT2D eigenvalue weighted by atomic mass is 35.5. The summed E-state index contributed by atoms with van der Waals surface area (Å²) in [5, 5.41) is 4.84. The topological polar surface area (TPSA) is 82.8 Å². The second-order valence-electron chi connectivity index (χ2n) is 6.39. The Morgan fingerprint density at radius 1 is 1.10 bits per heavy atom. The lowest BCUT2D eigenvalue weighted by atomic mass is 10.1. The van der Waals surface area contributed by atoms with Crippen LogP contribution in [0.15, 0.2) is 52.1 Å². The Hall–Kier alpha value is -3.23. The largest absolute Gasteiger partial charge is 0.493 e. The van der Waals surface area contributed by atoms with Gasteiger partial charge in [-0.2, -0.15) is 14.6 Å². The second-order valence-corrected chi connectivity index (χ2v) is 7.84. The van der Waals surface area contributed by atoms with Crippen molar-refractivity contribution in [2.45, 2.75) is 6.42 Å². The van der Waals surface area contributed by atoms with Crippen molar-refractivity contribution in [3.63, 3.8) is 0 Å². The first-order chi connectivity index (χ1) is 14.5. The number of aromatic nitrogens is 3. The predicted octanol–water partition coefficient (Wildman–Crippen LogP) is 2.32. The van der Waals surface area contributed by atoms with Crippen LogP contribution >= 0.6 is 22.9 Å². The molecule has 0 fully saturated rings. The molecular weight excluding hydrogens is 426 g/mol. The SMILES string of the molecule is COc1ccc(Cc2nn3c(=O)c(=Cc4cccc(Cl)c4)sc3nc2=O)cc1OC. The van der Waals surface area contributed by atoms with E-state index < -0.39 is 5.56 Å². The van der Waals surface area contributed by atoms with E-state index >= 15 is 0 Å². The van der Waals surface area contributed by atoms with Gasteiger partial charge in [0.1, 0.15) is 5.69 Å². The van der Waals surface area contributed by atoms with Crippen LogP contribution in [-0.4, -0.2) is 28.8 Å².